The lowest BCUT2D eigenvalue weighted by Crippen LogP contribution is -2.56. The molecule has 0 radical (unpaired) electrons. The van der Waals surface area contributed by atoms with E-state index in [1.807, 2.05) is 20.8 Å². The SMILES string of the molecule is CCOC(=O)[C@H]1CNC(=O)CC12CCN(C(=O)OC(C)(C)C)CC2. The Bertz CT molecular complexity index is 504. The molecule has 2 rings (SSSR count). The van der Waals surface area contributed by atoms with Gasteiger partial charge in [0.2, 0.25) is 5.91 Å². The summed E-state index contributed by atoms with van der Waals surface area (Å²) < 4.78 is 10.6. The first-order valence-corrected chi connectivity index (χ1v) is 8.58. The lowest BCUT2D eigenvalue weighted by Gasteiger charge is -2.47. The summed E-state index contributed by atoms with van der Waals surface area (Å²) in [6.07, 6.45) is 1.16. The lowest BCUT2D eigenvalue weighted by molar-refractivity contribution is -0.158. The largest absolute Gasteiger partial charge is 0.466 e. The van der Waals surface area contributed by atoms with Gasteiger partial charge < -0.3 is 19.7 Å². The number of nitrogens with one attached hydrogen (secondary N) is 1. The van der Waals surface area contributed by atoms with Gasteiger partial charge in [-0.25, -0.2) is 4.79 Å². The summed E-state index contributed by atoms with van der Waals surface area (Å²) in [6.45, 7) is 8.87. The van der Waals surface area contributed by atoms with Gasteiger partial charge in [0.1, 0.15) is 5.60 Å². The van der Waals surface area contributed by atoms with E-state index >= 15 is 0 Å². The zero-order valence-corrected chi connectivity index (χ0v) is 15.0. The lowest BCUT2D eigenvalue weighted by atomic mass is 9.64. The molecule has 7 heteroatoms. The first-order chi connectivity index (χ1) is 11.2. The molecular formula is C17H28N2O5. The summed E-state index contributed by atoms with van der Waals surface area (Å²) in [5, 5.41) is 2.76. The smallest absolute Gasteiger partial charge is 0.410 e. The third-order valence-electron chi connectivity index (χ3n) is 4.74. The number of piperidine rings is 2. The van der Waals surface area contributed by atoms with Gasteiger partial charge in [-0.05, 0) is 46.0 Å². The van der Waals surface area contributed by atoms with E-state index in [1.165, 1.54) is 0 Å². The number of carbonyl (C=O) groups is 3. The third kappa shape index (κ3) is 4.19. The Balaban J connectivity index is 2.06. The van der Waals surface area contributed by atoms with Crippen molar-refractivity contribution in [1.82, 2.24) is 10.2 Å². The maximum absolute atomic E-state index is 12.3. The Kier molecular flexibility index (Phi) is 5.40. The number of nitrogens with zero attached hydrogens (tertiary/aromatic N) is 1. The number of carbonyl (C=O) groups excluding carboxylic acids is 3. The fraction of sp³-hybridized carbons (Fsp3) is 0.824. The number of esters is 1. The van der Waals surface area contributed by atoms with Crippen LogP contribution < -0.4 is 5.32 Å². The summed E-state index contributed by atoms with van der Waals surface area (Å²) in [5.41, 5.74) is -0.961. The van der Waals surface area contributed by atoms with Gasteiger partial charge in [-0.3, -0.25) is 9.59 Å². The number of ether oxygens (including phenoxy) is 2. The number of rotatable bonds is 2. The van der Waals surface area contributed by atoms with E-state index in [2.05, 4.69) is 5.32 Å². The van der Waals surface area contributed by atoms with Crippen molar-refractivity contribution in [2.45, 2.75) is 52.6 Å². The van der Waals surface area contributed by atoms with Crippen molar-refractivity contribution in [3.63, 3.8) is 0 Å². The molecule has 2 fully saturated rings. The first kappa shape index (κ1) is 18.5. The average Bonchev–Trinajstić information content (AvgIpc) is 2.46. The van der Waals surface area contributed by atoms with Crippen LogP contribution in [0.5, 0.6) is 0 Å². The Morgan fingerprint density at radius 3 is 2.46 bits per heavy atom. The molecule has 2 saturated heterocycles. The highest BCUT2D eigenvalue weighted by Gasteiger charge is 2.50. The van der Waals surface area contributed by atoms with Gasteiger partial charge in [0, 0.05) is 26.1 Å². The predicted octanol–water partition coefficient (Wildman–Crippen LogP) is 1.70. The second kappa shape index (κ2) is 6.99. The van der Waals surface area contributed by atoms with Crippen LogP contribution in [0.1, 0.15) is 47.0 Å². The fourth-order valence-corrected chi connectivity index (χ4v) is 3.50. The average molecular weight is 340 g/mol. The quantitative estimate of drug-likeness (QED) is 0.774. The summed E-state index contributed by atoms with van der Waals surface area (Å²) in [7, 11) is 0. The van der Waals surface area contributed by atoms with Crippen LogP contribution in [0.25, 0.3) is 0 Å². The molecule has 0 unspecified atom stereocenters. The molecular weight excluding hydrogens is 312 g/mol. The molecule has 1 atom stereocenters. The Morgan fingerprint density at radius 1 is 1.29 bits per heavy atom. The topological polar surface area (TPSA) is 84.9 Å². The van der Waals surface area contributed by atoms with Crippen molar-refractivity contribution in [2.24, 2.45) is 11.3 Å². The van der Waals surface area contributed by atoms with Crippen molar-refractivity contribution < 1.29 is 23.9 Å². The van der Waals surface area contributed by atoms with Crippen LogP contribution in [-0.2, 0) is 19.1 Å². The van der Waals surface area contributed by atoms with Crippen molar-refractivity contribution in [2.75, 3.05) is 26.2 Å². The van der Waals surface area contributed by atoms with Crippen molar-refractivity contribution >= 4 is 18.0 Å². The molecule has 0 saturated carbocycles. The molecule has 2 heterocycles. The summed E-state index contributed by atoms with van der Waals surface area (Å²) in [5.74, 6) is -0.652. The number of hydrogen-bond acceptors (Lipinski definition) is 5. The van der Waals surface area contributed by atoms with Gasteiger partial charge in [0.25, 0.3) is 0 Å². The molecule has 136 valence electrons. The molecule has 2 aliphatic rings. The Labute approximate surface area is 143 Å². The van der Waals surface area contributed by atoms with Gasteiger partial charge in [0.05, 0.1) is 12.5 Å². The van der Waals surface area contributed by atoms with Gasteiger partial charge in [-0.2, -0.15) is 0 Å². The minimum atomic E-state index is -0.537. The molecule has 0 aromatic rings. The number of hydrogen-bond donors (Lipinski definition) is 1. The predicted molar refractivity (Wildman–Crippen MR) is 87.2 cm³/mol. The second-order valence-electron chi connectivity index (χ2n) is 7.62. The number of amides is 2. The Hall–Kier alpha value is -1.79. The minimum Gasteiger partial charge on any atom is -0.466 e. The third-order valence-corrected chi connectivity index (χ3v) is 4.74. The molecule has 24 heavy (non-hydrogen) atoms. The molecule has 1 N–H and O–H groups in total. The summed E-state index contributed by atoms with van der Waals surface area (Å²) >= 11 is 0. The van der Waals surface area contributed by atoms with Crippen LogP contribution in [-0.4, -0.2) is 54.7 Å². The van der Waals surface area contributed by atoms with E-state index in [-0.39, 0.29) is 23.9 Å². The van der Waals surface area contributed by atoms with Gasteiger partial charge in [-0.1, -0.05) is 0 Å². The van der Waals surface area contributed by atoms with Gasteiger partial charge in [0.15, 0.2) is 0 Å². The van der Waals surface area contributed by atoms with Crippen LogP contribution in [0.2, 0.25) is 0 Å². The zero-order valence-electron chi connectivity index (χ0n) is 15.0. The van der Waals surface area contributed by atoms with E-state index in [4.69, 9.17) is 9.47 Å². The maximum Gasteiger partial charge on any atom is 0.410 e. The van der Waals surface area contributed by atoms with Crippen LogP contribution in [0.3, 0.4) is 0 Å². The Morgan fingerprint density at radius 2 is 1.92 bits per heavy atom. The maximum atomic E-state index is 12.3. The molecule has 2 aliphatic heterocycles. The molecule has 0 aliphatic carbocycles. The van der Waals surface area contributed by atoms with E-state index in [9.17, 15) is 14.4 Å². The van der Waals surface area contributed by atoms with Crippen molar-refractivity contribution in [3.05, 3.63) is 0 Å². The summed E-state index contributed by atoms with van der Waals surface area (Å²) in [4.78, 5) is 38.1. The molecule has 0 bridgehead atoms. The van der Waals surface area contributed by atoms with E-state index in [0.29, 0.717) is 45.5 Å². The minimum absolute atomic E-state index is 0.0405. The fourth-order valence-electron chi connectivity index (χ4n) is 3.50. The summed E-state index contributed by atoms with van der Waals surface area (Å²) in [6, 6.07) is 0. The molecule has 1 spiro atoms. The normalized spacial score (nSPS) is 23.6. The van der Waals surface area contributed by atoms with Gasteiger partial charge in [-0.15, -0.1) is 0 Å². The molecule has 0 aromatic carbocycles. The highest BCUT2D eigenvalue weighted by atomic mass is 16.6. The van der Waals surface area contributed by atoms with E-state index < -0.39 is 11.0 Å². The standard InChI is InChI=1S/C17H28N2O5/c1-5-23-14(21)12-11-18-13(20)10-17(12)6-8-19(9-7-17)15(22)24-16(2,3)4/h12H,5-11H2,1-4H3,(H,18,20)/t12-/m1/s1. The molecule has 0 aromatic heterocycles. The van der Waals surface area contributed by atoms with Crippen molar-refractivity contribution in [1.29, 1.82) is 0 Å². The molecule has 2 amide bonds. The van der Waals surface area contributed by atoms with Crippen molar-refractivity contribution in [3.8, 4) is 0 Å². The highest BCUT2D eigenvalue weighted by molar-refractivity contribution is 5.83. The van der Waals surface area contributed by atoms with Crippen LogP contribution >= 0.6 is 0 Å². The zero-order chi connectivity index (χ0) is 18.0. The molecule has 7 nitrogen and oxygen atoms in total. The highest BCUT2D eigenvalue weighted by Crippen LogP contribution is 2.44. The first-order valence-electron chi connectivity index (χ1n) is 8.58. The van der Waals surface area contributed by atoms with Gasteiger partial charge >= 0.3 is 12.1 Å². The van der Waals surface area contributed by atoms with E-state index in [0.717, 1.165) is 0 Å². The van der Waals surface area contributed by atoms with Crippen LogP contribution in [0.4, 0.5) is 4.79 Å². The number of likely N-dealkylation sites (tertiary alicyclic amines) is 1. The van der Waals surface area contributed by atoms with Crippen LogP contribution in [0.15, 0.2) is 0 Å². The van der Waals surface area contributed by atoms with Crippen LogP contribution in [0, 0.1) is 11.3 Å². The second-order valence-corrected chi connectivity index (χ2v) is 7.62. The van der Waals surface area contributed by atoms with E-state index in [1.54, 1.807) is 11.8 Å². The monoisotopic (exact) mass is 340 g/mol.